The van der Waals surface area contributed by atoms with E-state index in [1.165, 1.54) is 10.8 Å². The predicted molar refractivity (Wildman–Crippen MR) is 56.3 cm³/mol. The number of ether oxygens (including phenoxy) is 1. The molecule has 0 aliphatic carbocycles. The highest BCUT2D eigenvalue weighted by Gasteiger charge is 2.32. The maximum Gasteiger partial charge on any atom is 0.330 e. The van der Waals surface area contributed by atoms with Crippen LogP contribution in [0, 0.1) is 6.92 Å². The molecule has 0 bridgehead atoms. The first-order valence-corrected chi connectivity index (χ1v) is 5.14. The van der Waals surface area contributed by atoms with Gasteiger partial charge >= 0.3 is 5.69 Å². The lowest BCUT2D eigenvalue weighted by atomic mass is 10.2. The molecule has 1 aliphatic rings. The summed E-state index contributed by atoms with van der Waals surface area (Å²) in [5.41, 5.74) is -0.466. The van der Waals surface area contributed by atoms with Crippen LogP contribution in [0.4, 0.5) is 0 Å². The highest BCUT2D eigenvalue weighted by atomic mass is 16.5. The molecule has 0 radical (unpaired) electrons. The second kappa shape index (κ2) is 3.88. The van der Waals surface area contributed by atoms with E-state index in [1.807, 2.05) is 0 Å². The van der Waals surface area contributed by atoms with Gasteiger partial charge in [-0.2, -0.15) is 0 Å². The smallest absolute Gasteiger partial charge is 0.330 e. The van der Waals surface area contributed by atoms with Gasteiger partial charge < -0.3 is 9.84 Å². The summed E-state index contributed by atoms with van der Waals surface area (Å²) >= 11 is 0. The number of aryl methyl sites for hydroxylation is 1. The Balaban J connectivity index is 2.39. The number of hydrogen-bond acceptors (Lipinski definition) is 4. The summed E-state index contributed by atoms with van der Waals surface area (Å²) in [6.07, 6.45) is 0.421. The minimum atomic E-state index is -0.580. The third kappa shape index (κ3) is 1.81. The Morgan fingerprint density at radius 2 is 2.25 bits per heavy atom. The van der Waals surface area contributed by atoms with Crippen LogP contribution in [0.1, 0.15) is 25.1 Å². The van der Waals surface area contributed by atoms with E-state index in [4.69, 9.17) is 4.74 Å². The molecule has 6 nitrogen and oxygen atoms in total. The lowest BCUT2D eigenvalue weighted by molar-refractivity contribution is -0.0102. The molecule has 2 N–H and O–H groups in total. The van der Waals surface area contributed by atoms with Crippen LogP contribution in [0.3, 0.4) is 0 Å². The largest absolute Gasteiger partial charge is 0.390 e. The number of rotatable bonds is 1. The summed E-state index contributed by atoms with van der Waals surface area (Å²) in [7, 11) is 0. The number of aliphatic hydroxyl groups excluding tert-OH is 1. The van der Waals surface area contributed by atoms with Crippen molar-refractivity contribution in [1.29, 1.82) is 0 Å². The van der Waals surface area contributed by atoms with Crippen molar-refractivity contribution in [3.8, 4) is 0 Å². The normalized spacial score (nSPS) is 29.6. The number of nitrogens with zero attached hydrogens (tertiary/aromatic N) is 1. The van der Waals surface area contributed by atoms with Gasteiger partial charge in [0.05, 0.1) is 12.2 Å². The average molecular weight is 226 g/mol. The number of nitrogens with one attached hydrogen (secondary N) is 1. The second-order valence-electron chi connectivity index (χ2n) is 4.08. The van der Waals surface area contributed by atoms with Gasteiger partial charge in [0.25, 0.3) is 5.56 Å². The standard InChI is InChI=1S/C10H14N2O4/c1-5-4-12(10(15)11-9(5)14)8-3-7(13)6(2)16-8/h4,6-8,13H,3H2,1-2H3,(H,11,14,15)/t6-,7?,8-/m1/s1. The van der Waals surface area contributed by atoms with Crippen LogP contribution in [-0.2, 0) is 4.74 Å². The van der Waals surface area contributed by atoms with Gasteiger partial charge in [-0.1, -0.05) is 0 Å². The van der Waals surface area contributed by atoms with Crippen LogP contribution in [0.15, 0.2) is 15.8 Å². The summed E-state index contributed by atoms with van der Waals surface area (Å²) in [6, 6.07) is 0. The van der Waals surface area contributed by atoms with Gasteiger partial charge in [0.1, 0.15) is 6.23 Å². The van der Waals surface area contributed by atoms with Crippen LogP contribution >= 0.6 is 0 Å². The van der Waals surface area contributed by atoms with Gasteiger partial charge in [-0.25, -0.2) is 4.79 Å². The third-order valence-corrected chi connectivity index (χ3v) is 2.81. The van der Waals surface area contributed by atoms with Crippen molar-refractivity contribution in [3.05, 3.63) is 32.6 Å². The van der Waals surface area contributed by atoms with Gasteiger partial charge in [-0.05, 0) is 13.8 Å². The molecule has 88 valence electrons. The van der Waals surface area contributed by atoms with E-state index >= 15 is 0 Å². The van der Waals surface area contributed by atoms with Gasteiger partial charge in [0.15, 0.2) is 0 Å². The zero-order valence-electron chi connectivity index (χ0n) is 9.14. The molecule has 6 heteroatoms. The van der Waals surface area contributed by atoms with Gasteiger partial charge in [-0.3, -0.25) is 14.3 Å². The zero-order valence-corrected chi connectivity index (χ0v) is 9.14. The SMILES string of the molecule is Cc1cn([C@H]2CC(O)[C@@H](C)O2)c(=O)[nH]c1=O. The Labute approximate surface area is 91.5 Å². The van der Waals surface area contributed by atoms with Gasteiger partial charge in [0.2, 0.25) is 0 Å². The molecular formula is C10H14N2O4. The van der Waals surface area contributed by atoms with E-state index in [1.54, 1.807) is 13.8 Å². The molecule has 0 spiro atoms. The lowest BCUT2D eigenvalue weighted by Gasteiger charge is -2.13. The number of aliphatic hydroxyl groups is 1. The van der Waals surface area contributed by atoms with Crippen molar-refractivity contribution >= 4 is 0 Å². The van der Waals surface area contributed by atoms with Crippen molar-refractivity contribution in [2.45, 2.75) is 38.7 Å². The van der Waals surface area contributed by atoms with E-state index in [9.17, 15) is 14.7 Å². The van der Waals surface area contributed by atoms with E-state index < -0.39 is 23.6 Å². The first-order valence-electron chi connectivity index (χ1n) is 5.14. The number of aromatic nitrogens is 2. The lowest BCUT2D eigenvalue weighted by Crippen LogP contribution is -2.33. The average Bonchev–Trinajstić information content (AvgIpc) is 2.53. The fourth-order valence-electron chi connectivity index (χ4n) is 1.77. The second-order valence-corrected chi connectivity index (χ2v) is 4.08. The van der Waals surface area contributed by atoms with E-state index in [0.717, 1.165) is 0 Å². The molecule has 16 heavy (non-hydrogen) atoms. The van der Waals surface area contributed by atoms with Gasteiger partial charge in [0, 0.05) is 18.2 Å². The van der Waals surface area contributed by atoms with Crippen LogP contribution in [0.25, 0.3) is 0 Å². The molecule has 2 heterocycles. The van der Waals surface area contributed by atoms with Gasteiger partial charge in [-0.15, -0.1) is 0 Å². The Bertz CT molecular complexity index is 494. The van der Waals surface area contributed by atoms with E-state index in [0.29, 0.717) is 12.0 Å². The minimum Gasteiger partial charge on any atom is -0.390 e. The van der Waals surface area contributed by atoms with Crippen LogP contribution < -0.4 is 11.2 Å². The highest BCUT2D eigenvalue weighted by Crippen LogP contribution is 2.26. The van der Waals surface area contributed by atoms with Crippen molar-refractivity contribution in [1.82, 2.24) is 9.55 Å². The molecule has 2 rings (SSSR count). The van der Waals surface area contributed by atoms with Crippen molar-refractivity contribution in [2.75, 3.05) is 0 Å². The fourth-order valence-corrected chi connectivity index (χ4v) is 1.77. The summed E-state index contributed by atoms with van der Waals surface area (Å²) in [5, 5.41) is 9.53. The van der Waals surface area contributed by atoms with E-state index in [-0.39, 0.29) is 6.10 Å². The zero-order chi connectivity index (χ0) is 11.9. The molecule has 0 amide bonds. The molecular weight excluding hydrogens is 212 g/mol. The van der Waals surface area contributed by atoms with Crippen molar-refractivity contribution < 1.29 is 9.84 Å². The van der Waals surface area contributed by atoms with Crippen LogP contribution in [0.2, 0.25) is 0 Å². The molecule has 1 aromatic rings. The molecule has 3 atom stereocenters. The summed E-state index contributed by atoms with van der Waals surface area (Å²) in [5.74, 6) is 0. The fraction of sp³-hybridized carbons (Fsp3) is 0.600. The third-order valence-electron chi connectivity index (χ3n) is 2.81. The van der Waals surface area contributed by atoms with Crippen LogP contribution in [-0.4, -0.2) is 26.9 Å². The molecule has 1 fully saturated rings. The first-order chi connectivity index (χ1) is 7.49. The Hall–Kier alpha value is -1.40. The molecule has 1 saturated heterocycles. The maximum atomic E-state index is 11.5. The molecule has 0 saturated carbocycles. The minimum absolute atomic E-state index is 0.302. The number of H-pyrrole nitrogens is 1. The topological polar surface area (TPSA) is 84.3 Å². The predicted octanol–water partition coefficient (Wildman–Crippen LogP) is -0.487. The monoisotopic (exact) mass is 226 g/mol. The summed E-state index contributed by atoms with van der Waals surface area (Å²) in [4.78, 5) is 24.9. The Morgan fingerprint density at radius 1 is 1.56 bits per heavy atom. The van der Waals surface area contributed by atoms with E-state index in [2.05, 4.69) is 4.98 Å². The van der Waals surface area contributed by atoms with Crippen molar-refractivity contribution in [3.63, 3.8) is 0 Å². The molecule has 1 aliphatic heterocycles. The summed E-state index contributed by atoms with van der Waals surface area (Å²) in [6.45, 7) is 3.36. The number of hydrogen-bond donors (Lipinski definition) is 2. The number of aromatic amines is 1. The van der Waals surface area contributed by atoms with Crippen molar-refractivity contribution in [2.24, 2.45) is 0 Å². The Kier molecular flexibility index (Phi) is 2.69. The Morgan fingerprint density at radius 3 is 2.81 bits per heavy atom. The first kappa shape index (κ1) is 11.1. The summed E-state index contributed by atoms with van der Waals surface area (Å²) < 4.78 is 6.74. The molecule has 1 aromatic heterocycles. The molecule has 0 aromatic carbocycles. The molecule has 1 unspecified atom stereocenters. The van der Waals surface area contributed by atoms with Crippen LogP contribution in [0.5, 0.6) is 0 Å². The quantitative estimate of drug-likeness (QED) is 0.677. The maximum absolute atomic E-state index is 11.5. The highest BCUT2D eigenvalue weighted by molar-refractivity contribution is 5.01.